The number of nitrogens with two attached hydrogens (primary N) is 1. The predicted octanol–water partition coefficient (Wildman–Crippen LogP) is -0.179. The molecule has 0 aliphatic carbocycles. The van der Waals surface area contributed by atoms with Gasteiger partial charge in [-0.25, -0.2) is 4.98 Å². The molecule has 1 aromatic rings. The Kier molecular flexibility index (Phi) is 1.80. The van der Waals surface area contributed by atoms with Crippen LogP contribution in [0, 0.1) is 0 Å². The Hall–Kier alpha value is -1.13. The zero-order valence-corrected chi connectivity index (χ0v) is 6.15. The number of pyridine rings is 1. The van der Waals surface area contributed by atoms with Crippen LogP contribution in [0.3, 0.4) is 0 Å². The Labute approximate surface area is 64.3 Å². The number of aliphatic hydroxyl groups is 2. The van der Waals surface area contributed by atoms with Crippen LogP contribution < -0.4 is 5.73 Å². The summed E-state index contributed by atoms with van der Waals surface area (Å²) in [5.41, 5.74) is 5.47. The lowest BCUT2D eigenvalue weighted by Gasteiger charge is -2.14. The van der Waals surface area contributed by atoms with E-state index >= 15 is 0 Å². The normalized spacial score (nSPS) is 11.5. The average molecular weight is 154 g/mol. The zero-order valence-electron chi connectivity index (χ0n) is 6.15. The topological polar surface area (TPSA) is 79.4 Å². The van der Waals surface area contributed by atoms with E-state index in [1.54, 1.807) is 12.1 Å². The molecule has 0 amide bonds. The standard InChI is InChI=1S/C7H10N2O2/c1-7(10,11)5-3-2-4-6(8)9-5/h2-4,10-11H,1H3,(H2,8,9). The van der Waals surface area contributed by atoms with E-state index in [-0.39, 0.29) is 11.5 Å². The highest BCUT2D eigenvalue weighted by Gasteiger charge is 2.19. The van der Waals surface area contributed by atoms with Crippen LogP contribution in [0.1, 0.15) is 12.6 Å². The van der Waals surface area contributed by atoms with Crippen molar-refractivity contribution in [1.82, 2.24) is 4.98 Å². The van der Waals surface area contributed by atoms with Gasteiger partial charge in [0.1, 0.15) is 11.5 Å². The number of anilines is 1. The molecule has 0 aromatic carbocycles. The number of nitrogen functional groups attached to an aromatic ring is 1. The minimum atomic E-state index is -1.91. The summed E-state index contributed by atoms with van der Waals surface area (Å²) < 4.78 is 0. The van der Waals surface area contributed by atoms with E-state index in [9.17, 15) is 0 Å². The van der Waals surface area contributed by atoms with Gasteiger partial charge in [0.05, 0.1) is 0 Å². The van der Waals surface area contributed by atoms with Crippen molar-refractivity contribution in [1.29, 1.82) is 0 Å². The Morgan fingerprint density at radius 2 is 2.09 bits per heavy atom. The van der Waals surface area contributed by atoms with Crippen LogP contribution in [0.4, 0.5) is 5.82 Å². The minimum absolute atomic E-state index is 0.150. The van der Waals surface area contributed by atoms with Gasteiger partial charge in [0.2, 0.25) is 5.79 Å². The van der Waals surface area contributed by atoms with Crippen LogP contribution in [0.5, 0.6) is 0 Å². The monoisotopic (exact) mass is 154 g/mol. The molecular weight excluding hydrogens is 144 g/mol. The highest BCUT2D eigenvalue weighted by molar-refractivity contribution is 5.29. The van der Waals surface area contributed by atoms with Gasteiger partial charge >= 0.3 is 0 Å². The maximum Gasteiger partial charge on any atom is 0.204 e. The van der Waals surface area contributed by atoms with Crippen LogP contribution in [-0.2, 0) is 5.79 Å². The molecule has 11 heavy (non-hydrogen) atoms. The smallest absolute Gasteiger partial charge is 0.204 e. The van der Waals surface area contributed by atoms with Gasteiger partial charge in [-0.3, -0.25) is 0 Å². The van der Waals surface area contributed by atoms with Crippen LogP contribution in [0.2, 0.25) is 0 Å². The highest BCUT2D eigenvalue weighted by Crippen LogP contribution is 2.14. The van der Waals surface area contributed by atoms with Crippen LogP contribution in [-0.4, -0.2) is 15.2 Å². The number of hydrogen-bond acceptors (Lipinski definition) is 4. The van der Waals surface area contributed by atoms with Crippen molar-refractivity contribution >= 4 is 5.82 Å². The van der Waals surface area contributed by atoms with Gasteiger partial charge in [0.25, 0.3) is 0 Å². The molecule has 0 spiro atoms. The summed E-state index contributed by atoms with van der Waals surface area (Å²) in [5, 5.41) is 18.1. The first-order valence-electron chi connectivity index (χ1n) is 3.18. The van der Waals surface area contributed by atoms with Gasteiger partial charge in [-0.2, -0.15) is 0 Å². The fourth-order valence-corrected chi connectivity index (χ4v) is 0.715. The molecule has 4 heteroatoms. The van der Waals surface area contributed by atoms with Crippen molar-refractivity contribution < 1.29 is 10.2 Å². The van der Waals surface area contributed by atoms with Crippen molar-refractivity contribution in [3.05, 3.63) is 23.9 Å². The van der Waals surface area contributed by atoms with E-state index in [0.29, 0.717) is 0 Å². The molecule has 1 heterocycles. The summed E-state index contributed by atoms with van der Waals surface area (Å²) in [6.07, 6.45) is 0. The molecule has 0 unspecified atom stereocenters. The zero-order chi connectivity index (χ0) is 8.48. The molecule has 0 bridgehead atoms. The molecule has 0 aliphatic rings. The van der Waals surface area contributed by atoms with Crippen LogP contribution in [0.15, 0.2) is 18.2 Å². The molecule has 0 radical (unpaired) electrons. The maximum absolute atomic E-state index is 9.05. The summed E-state index contributed by atoms with van der Waals surface area (Å²) in [7, 11) is 0. The van der Waals surface area contributed by atoms with Gasteiger partial charge in [-0.15, -0.1) is 0 Å². The van der Waals surface area contributed by atoms with Gasteiger partial charge in [-0.05, 0) is 19.1 Å². The fourth-order valence-electron chi connectivity index (χ4n) is 0.715. The number of hydrogen-bond donors (Lipinski definition) is 3. The summed E-state index contributed by atoms with van der Waals surface area (Å²) in [6.45, 7) is 1.23. The first-order chi connectivity index (χ1) is 5.00. The van der Waals surface area contributed by atoms with Gasteiger partial charge < -0.3 is 15.9 Å². The van der Waals surface area contributed by atoms with Crippen molar-refractivity contribution in [2.45, 2.75) is 12.7 Å². The molecule has 0 atom stereocenters. The molecule has 0 aliphatic heterocycles. The van der Waals surface area contributed by atoms with E-state index in [1.165, 1.54) is 13.0 Å². The second kappa shape index (κ2) is 2.48. The van der Waals surface area contributed by atoms with E-state index in [1.807, 2.05) is 0 Å². The fraction of sp³-hybridized carbons (Fsp3) is 0.286. The average Bonchev–Trinajstić information content (AvgIpc) is 1.86. The van der Waals surface area contributed by atoms with E-state index in [0.717, 1.165) is 0 Å². The first kappa shape index (κ1) is 7.97. The lowest BCUT2D eigenvalue weighted by Crippen LogP contribution is -2.21. The molecule has 4 N–H and O–H groups in total. The molecular formula is C7H10N2O2. The number of aromatic nitrogens is 1. The SMILES string of the molecule is CC(O)(O)c1cccc(N)n1. The maximum atomic E-state index is 9.05. The van der Waals surface area contributed by atoms with Gasteiger partial charge in [-0.1, -0.05) is 6.07 Å². The Morgan fingerprint density at radius 3 is 2.45 bits per heavy atom. The number of rotatable bonds is 1. The lowest BCUT2D eigenvalue weighted by molar-refractivity contribution is -0.155. The summed E-state index contributed by atoms with van der Waals surface area (Å²) in [5.74, 6) is -1.63. The molecule has 0 saturated heterocycles. The van der Waals surface area contributed by atoms with E-state index in [4.69, 9.17) is 15.9 Å². The first-order valence-corrected chi connectivity index (χ1v) is 3.18. The third-order valence-electron chi connectivity index (χ3n) is 1.26. The largest absolute Gasteiger partial charge is 0.384 e. The summed E-state index contributed by atoms with van der Waals surface area (Å²) in [4.78, 5) is 3.72. The summed E-state index contributed by atoms with van der Waals surface area (Å²) in [6, 6.07) is 4.69. The lowest BCUT2D eigenvalue weighted by atomic mass is 10.2. The van der Waals surface area contributed by atoms with Crippen molar-refractivity contribution in [3.8, 4) is 0 Å². The predicted molar refractivity (Wildman–Crippen MR) is 40.4 cm³/mol. The van der Waals surface area contributed by atoms with Crippen molar-refractivity contribution in [2.75, 3.05) is 5.73 Å². The quantitative estimate of drug-likeness (QED) is 0.490. The van der Waals surface area contributed by atoms with Gasteiger partial charge in [0.15, 0.2) is 0 Å². The van der Waals surface area contributed by atoms with Gasteiger partial charge in [0, 0.05) is 0 Å². The number of nitrogens with zero attached hydrogens (tertiary/aromatic N) is 1. The van der Waals surface area contributed by atoms with Crippen molar-refractivity contribution in [3.63, 3.8) is 0 Å². The summed E-state index contributed by atoms with van der Waals surface area (Å²) >= 11 is 0. The molecule has 0 fully saturated rings. The molecule has 1 rings (SSSR count). The second-order valence-corrected chi connectivity index (χ2v) is 2.47. The third-order valence-corrected chi connectivity index (χ3v) is 1.26. The Balaban J connectivity index is 3.06. The van der Waals surface area contributed by atoms with Crippen molar-refractivity contribution in [2.24, 2.45) is 0 Å². The van der Waals surface area contributed by atoms with Crippen LogP contribution in [0.25, 0.3) is 0 Å². The van der Waals surface area contributed by atoms with E-state index in [2.05, 4.69) is 4.98 Å². The molecule has 4 nitrogen and oxygen atoms in total. The second-order valence-electron chi connectivity index (χ2n) is 2.47. The third kappa shape index (κ3) is 1.89. The highest BCUT2D eigenvalue weighted by atomic mass is 16.5. The van der Waals surface area contributed by atoms with Crippen LogP contribution >= 0.6 is 0 Å². The molecule has 0 saturated carbocycles. The molecule has 1 aromatic heterocycles. The Morgan fingerprint density at radius 1 is 1.45 bits per heavy atom. The minimum Gasteiger partial charge on any atom is -0.384 e. The molecule has 60 valence electrons. The van der Waals surface area contributed by atoms with E-state index < -0.39 is 5.79 Å². The Bertz CT molecular complexity index is 255.